The molecule has 1 nitrogen and oxygen atoms in total. The highest BCUT2D eigenvalue weighted by Crippen LogP contribution is 2.31. The highest BCUT2D eigenvalue weighted by Gasteiger charge is 2.18. The van der Waals surface area contributed by atoms with Crippen molar-refractivity contribution in [2.45, 2.75) is 45.1 Å². The molecule has 0 spiro atoms. The molecule has 1 N–H and O–H groups in total. The molecule has 19 heavy (non-hydrogen) atoms. The number of nitrogens with one attached hydrogen (secondary N) is 1. The van der Waals surface area contributed by atoms with Gasteiger partial charge in [-0.15, -0.1) is 0 Å². The van der Waals surface area contributed by atoms with Crippen molar-refractivity contribution in [1.82, 2.24) is 5.32 Å². The Morgan fingerprint density at radius 3 is 2.84 bits per heavy atom. The van der Waals surface area contributed by atoms with Crippen LogP contribution in [0.3, 0.4) is 0 Å². The van der Waals surface area contributed by atoms with E-state index < -0.39 is 0 Å². The highest BCUT2D eigenvalue weighted by molar-refractivity contribution is 9.10. The fourth-order valence-electron chi connectivity index (χ4n) is 2.57. The van der Waals surface area contributed by atoms with E-state index in [2.05, 4.69) is 34.2 Å². The van der Waals surface area contributed by atoms with Crippen molar-refractivity contribution in [2.24, 2.45) is 0 Å². The molecule has 1 aliphatic rings. The molecule has 0 bridgehead atoms. The standard InChI is InChI=1S/C16H21BrFN/c1-2-10-19-16(12-6-4-3-5-7-12)13-8-9-15(18)14(17)11-13/h6,8-9,11,16,19H,2-5,7,10H2,1H3. The molecule has 0 amide bonds. The summed E-state index contributed by atoms with van der Waals surface area (Å²) in [7, 11) is 0. The molecular formula is C16H21BrFN. The summed E-state index contributed by atoms with van der Waals surface area (Å²) in [5.74, 6) is -0.199. The lowest BCUT2D eigenvalue weighted by Gasteiger charge is -2.25. The summed E-state index contributed by atoms with van der Waals surface area (Å²) in [6.07, 6.45) is 8.33. The topological polar surface area (TPSA) is 12.0 Å². The second-order valence-electron chi connectivity index (χ2n) is 5.09. The molecule has 0 radical (unpaired) electrons. The van der Waals surface area contributed by atoms with Crippen LogP contribution in [0.15, 0.2) is 34.3 Å². The largest absolute Gasteiger partial charge is 0.307 e. The van der Waals surface area contributed by atoms with Gasteiger partial charge in [-0.05, 0) is 72.3 Å². The van der Waals surface area contributed by atoms with Crippen LogP contribution in [-0.4, -0.2) is 6.54 Å². The maximum Gasteiger partial charge on any atom is 0.137 e. The zero-order chi connectivity index (χ0) is 13.7. The van der Waals surface area contributed by atoms with Crippen molar-refractivity contribution < 1.29 is 4.39 Å². The lowest BCUT2D eigenvalue weighted by molar-refractivity contribution is 0.544. The third-order valence-corrected chi connectivity index (χ3v) is 4.18. The van der Waals surface area contributed by atoms with E-state index in [9.17, 15) is 4.39 Å². The monoisotopic (exact) mass is 325 g/mol. The Kier molecular flexibility index (Phi) is 5.59. The van der Waals surface area contributed by atoms with Gasteiger partial charge in [0.1, 0.15) is 5.82 Å². The number of halogens is 2. The minimum Gasteiger partial charge on any atom is -0.307 e. The summed E-state index contributed by atoms with van der Waals surface area (Å²) >= 11 is 3.28. The van der Waals surface area contributed by atoms with Crippen molar-refractivity contribution in [3.8, 4) is 0 Å². The maximum atomic E-state index is 13.4. The summed E-state index contributed by atoms with van der Waals surface area (Å²) in [5, 5.41) is 3.59. The van der Waals surface area contributed by atoms with Crippen LogP contribution in [0, 0.1) is 5.82 Å². The molecule has 1 aromatic rings. The molecule has 104 valence electrons. The quantitative estimate of drug-likeness (QED) is 0.740. The van der Waals surface area contributed by atoms with Gasteiger partial charge in [-0.3, -0.25) is 0 Å². The van der Waals surface area contributed by atoms with Gasteiger partial charge < -0.3 is 5.32 Å². The fraction of sp³-hybridized carbons (Fsp3) is 0.500. The molecule has 0 saturated heterocycles. The van der Waals surface area contributed by atoms with Crippen LogP contribution in [0.25, 0.3) is 0 Å². The Hall–Kier alpha value is -0.670. The SMILES string of the molecule is CCCNC(C1=CCCCC1)c1ccc(F)c(Br)c1. The van der Waals surface area contributed by atoms with Gasteiger partial charge in [0, 0.05) is 0 Å². The van der Waals surface area contributed by atoms with E-state index >= 15 is 0 Å². The van der Waals surface area contributed by atoms with E-state index in [4.69, 9.17) is 0 Å². The minimum atomic E-state index is -0.199. The van der Waals surface area contributed by atoms with Crippen LogP contribution < -0.4 is 5.32 Å². The van der Waals surface area contributed by atoms with Crippen molar-refractivity contribution in [2.75, 3.05) is 6.54 Å². The molecule has 0 heterocycles. The van der Waals surface area contributed by atoms with Gasteiger partial charge >= 0.3 is 0 Å². The molecule has 3 heteroatoms. The average molecular weight is 326 g/mol. The Morgan fingerprint density at radius 2 is 2.21 bits per heavy atom. The molecule has 2 rings (SSSR count). The van der Waals surface area contributed by atoms with Crippen LogP contribution in [0.4, 0.5) is 4.39 Å². The molecule has 1 aliphatic carbocycles. The lowest BCUT2D eigenvalue weighted by atomic mass is 9.90. The molecule has 0 fully saturated rings. The average Bonchev–Trinajstić information content (AvgIpc) is 2.44. The Morgan fingerprint density at radius 1 is 1.37 bits per heavy atom. The van der Waals surface area contributed by atoms with E-state index in [-0.39, 0.29) is 11.9 Å². The molecule has 0 aliphatic heterocycles. The fourth-order valence-corrected chi connectivity index (χ4v) is 2.97. The first-order valence-corrected chi connectivity index (χ1v) is 7.89. The highest BCUT2D eigenvalue weighted by atomic mass is 79.9. The van der Waals surface area contributed by atoms with Crippen molar-refractivity contribution in [1.29, 1.82) is 0 Å². The molecule has 1 aromatic carbocycles. The minimum absolute atomic E-state index is 0.199. The first kappa shape index (κ1) is 14.7. The first-order chi connectivity index (χ1) is 9.22. The Labute approximate surface area is 123 Å². The molecule has 0 saturated carbocycles. The molecule has 1 atom stereocenters. The van der Waals surface area contributed by atoms with Gasteiger partial charge in [0.2, 0.25) is 0 Å². The maximum absolute atomic E-state index is 13.4. The van der Waals surface area contributed by atoms with E-state index in [0.29, 0.717) is 4.47 Å². The first-order valence-electron chi connectivity index (χ1n) is 7.09. The zero-order valence-electron chi connectivity index (χ0n) is 11.4. The van der Waals surface area contributed by atoms with Crippen molar-refractivity contribution in [3.63, 3.8) is 0 Å². The number of hydrogen-bond donors (Lipinski definition) is 1. The molecule has 1 unspecified atom stereocenters. The second-order valence-corrected chi connectivity index (χ2v) is 5.94. The summed E-state index contributed by atoms with van der Waals surface area (Å²) in [6.45, 7) is 3.15. The predicted molar refractivity (Wildman–Crippen MR) is 81.7 cm³/mol. The van der Waals surface area contributed by atoms with E-state index in [1.54, 1.807) is 6.07 Å². The number of allylic oxidation sites excluding steroid dienone is 1. The van der Waals surface area contributed by atoms with Gasteiger partial charge in [-0.2, -0.15) is 0 Å². The van der Waals surface area contributed by atoms with Gasteiger partial charge in [-0.25, -0.2) is 4.39 Å². The summed E-state index contributed by atoms with van der Waals surface area (Å²) < 4.78 is 13.9. The second kappa shape index (κ2) is 7.20. The zero-order valence-corrected chi connectivity index (χ0v) is 13.0. The van der Waals surface area contributed by atoms with Gasteiger partial charge in [0.05, 0.1) is 10.5 Å². The van der Waals surface area contributed by atoms with Gasteiger partial charge in [0.25, 0.3) is 0 Å². The van der Waals surface area contributed by atoms with E-state index in [1.165, 1.54) is 24.8 Å². The number of benzene rings is 1. The number of hydrogen-bond acceptors (Lipinski definition) is 1. The number of rotatable bonds is 5. The lowest BCUT2D eigenvalue weighted by Crippen LogP contribution is -2.24. The summed E-state index contributed by atoms with van der Waals surface area (Å²) in [4.78, 5) is 0. The normalized spacial score (nSPS) is 17.1. The molecule has 0 aromatic heterocycles. The summed E-state index contributed by atoms with van der Waals surface area (Å²) in [6, 6.07) is 5.57. The van der Waals surface area contributed by atoms with E-state index in [0.717, 1.165) is 24.9 Å². The third kappa shape index (κ3) is 3.90. The van der Waals surface area contributed by atoms with Crippen molar-refractivity contribution >= 4 is 15.9 Å². The smallest absolute Gasteiger partial charge is 0.137 e. The van der Waals surface area contributed by atoms with Crippen LogP contribution in [0.5, 0.6) is 0 Å². The van der Waals surface area contributed by atoms with Crippen LogP contribution in [0.2, 0.25) is 0 Å². The van der Waals surface area contributed by atoms with Gasteiger partial charge in [-0.1, -0.05) is 24.6 Å². The summed E-state index contributed by atoms with van der Waals surface area (Å²) in [5.41, 5.74) is 2.60. The molecular weight excluding hydrogens is 305 g/mol. The van der Waals surface area contributed by atoms with Crippen LogP contribution >= 0.6 is 15.9 Å². The Bertz CT molecular complexity index is 456. The van der Waals surface area contributed by atoms with Crippen LogP contribution in [0.1, 0.15) is 50.6 Å². The Balaban J connectivity index is 2.25. The van der Waals surface area contributed by atoms with E-state index in [1.807, 2.05) is 12.1 Å². The van der Waals surface area contributed by atoms with Gasteiger partial charge in [0.15, 0.2) is 0 Å². The third-order valence-electron chi connectivity index (χ3n) is 3.57. The predicted octanol–water partition coefficient (Wildman–Crippen LogP) is 5.13. The van der Waals surface area contributed by atoms with Crippen molar-refractivity contribution in [3.05, 3.63) is 45.7 Å². The van der Waals surface area contributed by atoms with Crippen LogP contribution in [-0.2, 0) is 0 Å².